The average molecular weight is 533 g/mol. The number of hydrogen-bond donors (Lipinski definition) is 3. The third-order valence-electron chi connectivity index (χ3n) is 4.92. The maximum atomic E-state index is 12.4. The van der Waals surface area contributed by atoms with Crippen molar-refractivity contribution in [1.82, 2.24) is 15.5 Å². The van der Waals surface area contributed by atoms with Gasteiger partial charge in [-0.05, 0) is 63.1 Å². The molecule has 0 radical (unpaired) electrons. The smallest absolute Gasteiger partial charge is 0.253 e. The van der Waals surface area contributed by atoms with E-state index in [4.69, 9.17) is 0 Å². The highest BCUT2D eigenvalue weighted by molar-refractivity contribution is 14.0. The molecule has 172 valence electrons. The monoisotopic (exact) mass is 532 g/mol. The minimum atomic E-state index is 0. The van der Waals surface area contributed by atoms with Crippen LogP contribution in [0.15, 0.2) is 29.3 Å². The highest BCUT2D eigenvalue weighted by atomic mass is 127. The van der Waals surface area contributed by atoms with Crippen molar-refractivity contribution in [1.29, 1.82) is 0 Å². The van der Waals surface area contributed by atoms with Gasteiger partial charge in [-0.1, -0.05) is 26.0 Å². The average Bonchev–Trinajstić information content (AvgIpc) is 2.71. The predicted octanol–water partition coefficient (Wildman–Crippen LogP) is 3.89. The van der Waals surface area contributed by atoms with Crippen LogP contribution in [0.1, 0.15) is 63.4 Å². The lowest BCUT2D eigenvalue weighted by Gasteiger charge is -2.20. The van der Waals surface area contributed by atoms with E-state index in [2.05, 4.69) is 29.5 Å². The van der Waals surface area contributed by atoms with Crippen molar-refractivity contribution in [2.75, 3.05) is 32.8 Å². The van der Waals surface area contributed by atoms with Crippen LogP contribution in [-0.4, -0.2) is 54.7 Å². The molecule has 0 aliphatic carbocycles. The van der Waals surface area contributed by atoms with Crippen molar-refractivity contribution in [3.05, 3.63) is 35.4 Å². The molecule has 0 saturated heterocycles. The molecule has 6 nitrogen and oxygen atoms in total. The van der Waals surface area contributed by atoms with Gasteiger partial charge in [0, 0.05) is 38.3 Å². The van der Waals surface area contributed by atoms with Crippen LogP contribution in [0.3, 0.4) is 0 Å². The summed E-state index contributed by atoms with van der Waals surface area (Å²) in [6.45, 7) is 14.2. The number of aliphatic hydroxyl groups excluding tert-OH is 1. The first-order chi connectivity index (χ1) is 13.9. The maximum Gasteiger partial charge on any atom is 0.253 e. The zero-order valence-corrected chi connectivity index (χ0v) is 21.6. The van der Waals surface area contributed by atoms with Crippen molar-refractivity contribution in [2.45, 2.75) is 54.0 Å². The molecule has 0 aliphatic rings. The van der Waals surface area contributed by atoms with E-state index in [-0.39, 0.29) is 36.5 Å². The number of aliphatic hydroxyl groups is 1. The lowest BCUT2D eigenvalue weighted by molar-refractivity contribution is 0.0773. The molecular weight excluding hydrogens is 491 g/mol. The number of carbonyl (C=O) groups excluding carboxylic acids is 1. The van der Waals surface area contributed by atoms with Gasteiger partial charge in [0.1, 0.15) is 0 Å². The molecule has 0 spiro atoms. The van der Waals surface area contributed by atoms with E-state index in [9.17, 15) is 9.90 Å². The molecule has 0 fully saturated rings. The summed E-state index contributed by atoms with van der Waals surface area (Å²) in [7, 11) is 0. The van der Waals surface area contributed by atoms with E-state index in [1.54, 1.807) is 0 Å². The third kappa shape index (κ3) is 10.6. The molecule has 0 heterocycles. The molecule has 0 bridgehead atoms. The van der Waals surface area contributed by atoms with Crippen LogP contribution in [0.4, 0.5) is 0 Å². The van der Waals surface area contributed by atoms with Crippen LogP contribution < -0.4 is 10.6 Å². The Labute approximate surface area is 199 Å². The summed E-state index contributed by atoms with van der Waals surface area (Å²) in [5.41, 5.74) is 1.78. The lowest BCUT2D eigenvalue weighted by Crippen LogP contribution is -2.40. The van der Waals surface area contributed by atoms with Crippen LogP contribution in [0.2, 0.25) is 0 Å². The number of carbonyl (C=O) groups is 1. The van der Waals surface area contributed by atoms with Crippen LogP contribution >= 0.6 is 24.0 Å². The topological polar surface area (TPSA) is 77.0 Å². The second-order valence-corrected chi connectivity index (χ2v) is 7.76. The Morgan fingerprint density at radius 3 is 2.23 bits per heavy atom. The number of amides is 1. The zero-order chi connectivity index (χ0) is 21.6. The second-order valence-electron chi connectivity index (χ2n) is 7.76. The van der Waals surface area contributed by atoms with Crippen LogP contribution in [0.25, 0.3) is 0 Å². The molecule has 1 unspecified atom stereocenters. The highest BCUT2D eigenvalue weighted by Gasteiger charge is 2.13. The van der Waals surface area contributed by atoms with Gasteiger partial charge in [0.2, 0.25) is 0 Å². The normalized spacial score (nSPS) is 12.3. The standard InChI is InChI=1S/C23H40N4O2.HI/c1-6-24-23(26-17-20(13-14-28)15-18(4)5)25-16-19-9-11-21(12-10-19)22(29)27(7-2)8-3;/h9-12,18,20,28H,6-8,13-17H2,1-5H3,(H2,24,25,26);1H. The summed E-state index contributed by atoms with van der Waals surface area (Å²) >= 11 is 0. The molecule has 0 aliphatic heterocycles. The van der Waals surface area contributed by atoms with E-state index in [1.165, 1.54) is 0 Å². The zero-order valence-electron chi connectivity index (χ0n) is 19.3. The van der Waals surface area contributed by atoms with Crippen molar-refractivity contribution in [3.63, 3.8) is 0 Å². The number of aliphatic imine (C=N–C) groups is 1. The Hall–Kier alpha value is -1.35. The van der Waals surface area contributed by atoms with Crippen molar-refractivity contribution >= 4 is 35.8 Å². The molecule has 1 amide bonds. The molecular formula is C23H41IN4O2. The Balaban J connectivity index is 0.00000841. The van der Waals surface area contributed by atoms with Gasteiger partial charge in [-0.2, -0.15) is 0 Å². The van der Waals surface area contributed by atoms with Gasteiger partial charge in [0.15, 0.2) is 5.96 Å². The molecule has 0 aromatic heterocycles. The van der Waals surface area contributed by atoms with Gasteiger partial charge in [-0.15, -0.1) is 24.0 Å². The van der Waals surface area contributed by atoms with Gasteiger partial charge >= 0.3 is 0 Å². The summed E-state index contributed by atoms with van der Waals surface area (Å²) in [5.74, 6) is 1.88. The summed E-state index contributed by atoms with van der Waals surface area (Å²) in [4.78, 5) is 18.9. The number of nitrogens with one attached hydrogen (secondary N) is 2. The lowest BCUT2D eigenvalue weighted by atomic mass is 9.94. The summed E-state index contributed by atoms with van der Waals surface area (Å²) in [6.07, 6.45) is 1.88. The van der Waals surface area contributed by atoms with E-state index >= 15 is 0 Å². The Bertz CT molecular complexity index is 616. The number of benzene rings is 1. The first-order valence-corrected chi connectivity index (χ1v) is 11.0. The summed E-state index contributed by atoms with van der Waals surface area (Å²) in [6, 6.07) is 7.70. The number of hydrogen-bond acceptors (Lipinski definition) is 3. The van der Waals surface area contributed by atoms with Crippen molar-refractivity contribution in [3.8, 4) is 0 Å². The molecule has 1 rings (SSSR count). The van der Waals surface area contributed by atoms with Crippen LogP contribution in [0.5, 0.6) is 0 Å². The van der Waals surface area contributed by atoms with Crippen molar-refractivity contribution in [2.24, 2.45) is 16.8 Å². The number of guanidine groups is 1. The highest BCUT2D eigenvalue weighted by Crippen LogP contribution is 2.14. The second kappa shape index (κ2) is 16.4. The minimum Gasteiger partial charge on any atom is -0.396 e. The Morgan fingerprint density at radius 2 is 1.73 bits per heavy atom. The number of halogens is 1. The minimum absolute atomic E-state index is 0. The summed E-state index contributed by atoms with van der Waals surface area (Å²) < 4.78 is 0. The fourth-order valence-electron chi connectivity index (χ4n) is 3.35. The van der Waals surface area contributed by atoms with E-state index in [0.717, 1.165) is 37.5 Å². The maximum absolute atomic E-state index is 12.4. The summed E-state index contributed by atoms with van der Waals surface area (Å²) in [5, 5.41) is 16.0. The SMILES string of the molecule is CCNC(=NCc1ccc(C(=O)N(CC)CC)cc1)NCC(CCO)CC(C)C.I. The number of nitrogens with zero attached hydrogens (tertiary/aromatic N) is 2. The van der Waals surface area contributed by atoms with Gasteiger partial charge in [0.05, 0.1) is 6.54 Å². The van der Waals surface area contributed by atoms with Gasteiger partial charge < -0.3 is 20.6 Å². The predicted molar refractivity (Wildman–Crippen MR) is 137 cm³/mol. The number of rotatable bonds is 12. The first kappa shape index (κ1) is 28.6. The van der Waals surface area contributed by atoms with Crippen LogP contribution in [0, 0.1) is 11.8 Å². The Kier molecular flexibility index (Phi) is 15.6. The van der Waals surface area contributed by atoms with E-state index in [0.29, 0.717) is 37.0 Å². The third-order valence-corrected chi connectivity index (χ3v) is 4.92. The fourth-order valence-corrected chi connectivity index (χ4v) is 3.35. The molecule has 0 saturated carbocycles. The van der Waals surface area contributed by atoms with Crippen LogP contribution in [-0.2, 0) is 6.54 Å². The van der Waals surface area contributed by atoms with Gasteiger partial charge in [-0.25, -0.2) is 4.99 Å². The van der Waals surface area contributed by atoms with Gasteiger partial charge in [-0.3, -0.25) is 4.79 Å². The Morgan fingerprint density at radius 1 is 1.10 bits per heavy atom. The fraction of sp³-hybridized carbons (Fsp3) is 0.652. The van der Waals surface area contributed by atoms with E-state index < -0.39 is 0 Å². The molecule has 1 aromatic rings. The molecule has 1 atom stereocenters. The first-order valence-electron chi connectivity index (χ1n) is 11.0. The molecule has 7 heteroatoms. The molecule has 30 heavy (non-hydrogen) atoms. The quantitative estimate of drug-likeness (QED) is 0.217. The van der Waals surface area contributed by atoms with Crippen molar-refractivity contribution < 1.29 is 9.90 Å². The molecule has 1 aromatic carbocycles. The van der Waals surface area contributed by atoms with Gasteiger partial charge in [0.25, 0.3) is 5.91 Å². The molecule has 3 N–H and O–H groups in total. The van der Waals surface area contributed by atoms with E-state index in [1.807, 2.05) is 49.9 Å². The largest absolute Gasteiger partial charge is 0.396 e.